The Bertz CT molecular complexity index is 844. The van der Waals surface area contributed by atoms with Crippen LogP contribution in [0.4, 0.5) is 9.80 Å². The number of rotatable bonds is 6. The Morgan fingerprint density at radius 1 is 1.23 bits per heavy atom. The number of nitrogens with one attached hydrogen (secondary N) is 2. The molecule has 26 heavy (non-hydrogen) atoms. The molecule has 136 valence electrons. The van der Waals surface area contributed by atoms with E-state index in [-0.39, 0.29) is 23.0 Å². The summed E-state index contributed by atoms with van der Waals surface area (Å²) in [5, 5.41) is 6.65. The molecule has 0 saturated carbocycles. The van der Waals surface area contributed by atoms with Gasteiger partial charge in [-0.2, -0.15) is 5.10 Å². The van der Waals surface area contributed by atoms with Crippen LogP contribution in [-0.4, -0.2) is 30.6 Å². The van der Waals surface area contributed by atoms with Gasteiger partial charge < -0.3 is 4.74 Å². The summed E-state index contributed by atoms with van der Waals surface area (Å²) in [5.41, 5.74) is 3.82. The second kappa shape index (κ2) is 8.91. The van der Waals surface area contributed by atoms with Crippen LogP contribution in [0.1, 0.15) is 45.0 Å². The zero-order valence-corrected chi connectivity index (χ0v) is 15.5. The number of ether oxygens (including phenoxy) is 1. The van der Waals surface area contributed by atoms with Gasteiger partial charge in [0.2, 0.25) is 0 Å². The van der Waals surface area contributed by atoms with Gasteiger partial charge in [-0.3, -0.25) is 10.1 Å². The molecule has 8 heteroatoms. The van der Waals surface area contributed by atoms with Crippen molar-refractivity contribution in [3.05, 3.63) is 51.9 Å². The quantitative estimate of drug-likeness (QED) is 0.350. The molecule has 0 aliphatic rings. The third-order valence-corrected chi connectivity index (χ3v) is 4.66. The molecule has 0 aliphatic heterocycles. The molecule has 0 spiro atoms. The number of urea groups is 1. The smallest absolute Gasteiger partial charge is 0.341 e. The van der Waals surface area contributed by atoms with Gasteiger partial charge in [0.1, 0.15) is 5.00 Å². The number of hydrogen-bond acceptors (Lipinski definition) is 6. The number of hydrazone groups is 1. The lowest BCUT2D eigenvalue weighted by Gasteiger charge is -2.06. The number of nitrogens with zero attached hydrogens (tertiary/aromatic N) is 1. The van der Waals surface area contributed by atoms with Gasteiger partial charge in [-0.05, 0) is 31.9 Å². The molecule has 2 amide bonds. The number of carbonyl (C=O) groups excluding carboxylic acids is 3. The first-order valence-corrected chi connectivity index (χ1v) is 8.72. The second-order valence-electron chi connectivity index (χ2n) is 5.27. The molecule has 0 saturated heterocycles. The summed E-state index contributed by atoms with van der Waals surface area (Å²) in [6.45, 7) is 4.93. The molecule has 1 heterocycles. The third-order valence-electron chi connectivity index (χ3n) is 3.35. The minimum Gasteiger partial charge on any atom is -0.462 e. The zero-order chi connectivity index (χ0) is 19.1. The second-order valence-corrected chi connectivity index (χ2v) is 6.29. The van der Waals surface area contributed by atoms with Crippen LogP contribution < -0.4 is 10.7 Å². The third kappa shape index (κ3) is 4.76. The highest BCUT2D eigenvalue weighted by molar-refractivity contribution is 7.18. The summed E-state index contributed by atoms with van der Waals surface area (Å²) in [4.78, 5) is 36.4. The highest BCUT2D eigenvalue weighted by Crippen LogP contribution is 2.34. The first kappa shape index (κ1) is 19.3. The maximum atomic E-state index is 12.2. The molecule has 0 fully saturated rings. The van der Waals surface area contributed by atoms with E-state index in [1.165, 1.54) is 13.1 Å². The molecule has 1 aromatic carbocycles. The van der Waals surface area contributed by atoms with E-state index in [1.807, 2.05) is 30.3 Å². The summed E-state index contributed by atoms with van der Waals surface area (Å²) < 4.78 is 5.02. The van der Waals surface area contributed by atoms with E-state index in [1.54, 1.807) is 13.8 Å². The highest BCUT2D eigenvalue weighted by atomic mass is 32.1. The standard InChI is InChI=1S/C18H19N3O4S/c1-4-25-17(23)14-11(2)15(12(3)22)26-16(14)20-18(24)21-19-10-13-8-6-5-7-9-13/h5-10H,4H2,1-3H3,(H2,20,21,24). The van der Waals surface area contributed by atoms with Gasteiger partial charge in [-0.15, -0.1) is 11.3 Å². The van der Waals surface area contributed by atoms with Crippen LogP contribution in [0.2, 0.25) is 0 Å². The minimum absolute atomic E-state index is 0.184. The number of thiophene rings is 1. The lowest BCUT2D eigenvalue weighted by atomic mass is 10.1. The lowest BCUT2D eigenvalue weighted by Crippen LogP contribution is -2.24. The van der Waals surface area contributed by atoms with Crippen molar-refractivity contribution in [1.29, 1.82) is 0 Å². The summed E-state index contributed by atoms with van der Waals surface area (Å²) in [6.07, 6.45) is 1.49. The predicted molar refractivity (Wildman–Crippen MR) is 101 cm³/mol. The van der Waals surface area contributed by atoms with E-state index in [9.17, 15) is 14.4 Å². The molecule has 0 unspecified atom stereocenters. The molecule has 0 bridgehead atoms. The molecule has 2 N–H and O–H groups in total. The Kier molecular flexibility index (Phi) is 6.62. The number of Topliss-reactive ketones (excluding diaryl/α,β-unsaturated/α-hetero) is 1. The van der Waals surface area contributed by atoms with E-state index < -0.39 is 12.0 Å². The predicted octanol–water partition coefficient (Wildman–Crippen LogP) is 3.59. The number of hydrogen-bond donors (Lipinski definition) is 2. The van der Waals surface area contributed by atoms with Crippen LogP contribution >= 0.6 is 11.3 Å². The number of benzene rings is 1. The molecule has 7 nitrogen and oxygen atoms in total. The first-order valence-electron chi connectivity index (χ1n) is 7.90. The average molecular weight is 373 g/mol. The Labute approximate surface area is 155 Å². The molecular weight excluding hydrogens is 354 g/mol. The maximum Gasteiger partial charge on any atom is 0.341 e. The van der Waals surface area contributed by atoms with Gasteiger partial charge in [-0.1, -0.05) is 30.3 Å². The largest absolute Gasteiger partial charge is 0.462 e. The van der Waals surface area contributed by atoms with Gasteiger partial charge >= 0.3 is 12.0 Å². The summed E-state index contributed by atoms with van der Waals surface area (Å²) in [6, 6.07) is 8.63. The first-order chi connectivity index (χ1) is 12.4. The number of anilines is 1. The molecule has 0 atom stereocenters. The van der Waals surface area contributed by atoms with Crippen molar-refractivity contribution in [3.63, 3.8) is 0 Å². The van der Waals surface area contributed by atoms with E-state index in [0.717, 1.165) is 16.9 Å². The van der Waals surface area contributed by atoms with Gasteiger partial charge in [0.05, 0.1) is 23.3 Å². The van der Waals surface area contributed by atoms with Crippen molar-refractivity contribution in [1.82, 2.24) is 5.43 Å². The normalized spacial score (nSPS) is 10.6. The van der Waals surface area contributed by atoms with Crippen molar-refractivity contribution in [3.8, 4) is 0 Å². The molecular formula is C18H19N3O4S. The molecule has 2 rings (SSSR count). The topological polar surface area (TPSA) is 96.9 Å². The highest BCUT2D eigenvalue weighted by Gasteiger charge is 2.25. The Morgan fingerprint density at radius 3 is 2.54 bits per heavy atom. The van der Waals surface area contributed by atoms with Crippen LogP contribution in [0.25, 0.3) is 0 Å². The van der Waals surface area contributed by atoms with Gasteiger partial charge in [-0.25, -0.2) is 15.0 Å². The fourth-order valence-electron chi connectivity index (χ4n) is 2.22. The summed E-state index contributed by atoms with van der Waals surface area (Å²) in [7, 11) is 0. The molecule has 0 aliphatic carbocycles. The zero-order valence-electron chi connectivity index (χ0n) is 14.7. The van der Waals surface area contributed by atoms with Crippen molar-refractivity contribution < 1.29 is 19.1 Å². The molecule has 2 aromatic rings. The van der Waals surface area contributed by atoms with Crippen LogP contribution in [0.15, 0.2) is 35.4 Å². The average Bonchev–Trinajstić information content (AvgIpc) is 2.92. The fourth-order valence-corrected chi connectivity index (χ4v) is 3.31. The monoisotopic (exact) mass is 373 g/mol. The van der Waals surface area contributed by atoms with E-state index in [0.29, 0.717) is 10.4 Å². The Hall–Kier alpha value is -3.00. The van der Waals surface area contributed by atoms with Crippen LogP contribution in [0.3, 0.4) is 0 Å². The van der Waals surface area contributed by atoms with E-state index in [4.69, 9.17) is 4.74 Å². The number of carbonyl (C=O) groups is 3. The molecule has 1 aromatic heterocycles. The Morgan fingerprint density at radius 2 is 1.92 bits per heavy atom. The van der Waals surface area contributed by atoms with Crippen LogP contribution in [-0.2, 0) is 4.74 Å². The Balaban J connectivity index is 2.15. The lowest BCUT2D eigenvalue weighted by molar-refractivity contribution is 0.0527. The van der Waals surface area contributed by atoms with Crippen LogP contribution in [0.5, 0.6) is 0 Å². The van der Waals surface area contributed by atoms with Crippen LogP contribution in [0, 0.1) is 6.92 Å². The van der Waals surface area contributed by atoms with Crippen molar-refractivity contribution in [2.24, 2.45) is 5.10 Å². The van der Waals surface area contributed by atoms with Gasteiger partial charge in [0.25, 0.3) is 0 Å². The SMILES string of the molecule is CCOC(=O)c1c(NC(=O)NN=Cc2ccccc2)sc(C(C)=O)c1C. The van der Waals surface area contributed by atoms with Gasteiger partial charge in [0.15, 0.2) is 5.78 Å². The van der Waals surface area contributed by atoms with Crippen molar-refractivity contribution >= 4 is 40.3 Å². The fraction of sp³-hybridized carbons (Fsp3) is 0.222. The van der Waals surface area contributed by atoms with Gasteiger partial charge in [0, 0.05) is 0 Å². The molecule has 0 radical (unpaired) electrons. The minimum atomic E-state index is -0.626. The number of esters is 1. The summed E-state index contributed by atoms with van der Waals surface area (Å²) in [5.74, 6) is -0.773. The number of amides is 2. The van der Waals surface area contributed by atoms with E-state index >= 15 is 0 Å². The maximum absolute atomic E-state index is 12.2. The number of ketones is 1. The van der Waals surface area contributed by atoms with Crippen molar-refractivity contribution in [2.45, 2.75) is 20.8 Å². The van der Waals surface area contributed by atoms with E-state index in [2.05, 4.69) is 15.8 Å². The summed E-state index contributed by atoms with van der Waals surface area (Å²) >= 11 is 1.03. The van der Waals surface area contributed by atoms with Crippen molar-refractivity contribution in [2.75, 3.05) is 11.9 Å².